The molecule has 1 aliphatic heterocycles. The molecule has 19 heavy (non-hydrogen) atoms. The molecule has 0 N–H and O–H groups in total. The van der Waals surface area contributed by atoms with Crippen molar-refractivity contribution in [1.82, 2.24) is 4.98 Å². The number of rotatable bonds is 2. The lowest BCUT2D eigenvalue weighted by molar-refractivity contribution is -0.117. The van der Waals surface area contributed by atoms with Crippen LogP contribution in [0.1, 0.15) is 6.42 Å². The molecule has 0 spiro atoms. The first-order valence-corrected chi connectivity index (χ1v) is 7.56. The first-order chi connectivity index (χ1) is 9.20. The van der Waals surface area contributed by atoms with Crippen LogP contribution in [-0.4, -0.2) is 23.2 Å². The Bertz CT molecular complexity index is 646. The second-order valence-corrected chi connectivity index (χ2v) is 5.96. The molecular formula is C14H13BrN2OS. The standard InChI is InChI=1S/C14H13BrN2OS/c15-12-1-2-13(11-6-16-4-3-10(11)12)17-7-9(8-19)5-14(17)18/h1-4,6,9,19H,5,7-8H2. The number of carbonyl (C=O) groups is 1. The summed E-state index contributed by atoms with van der Waals surface area (Å²) < 4.78 is 1.02. The number of amides is 1. The molecule has 0 bridgehead atoms. The predicted molar refractivity (Wildman–Crippen MR) is 83.8 cm³/mol. The van der Waals surface area contributed by atoms with Crippen LogP contribution in [-0.2, 0) is 4.79 Å². The largest absolute Gasteiger partial charge is 0.311 e. The van der Waals surface area contributed by atoms with Gasteiger partial charge >= 0.3 is 0 Å². The van der Waals surface area contributed by atoms with Crippen LogP contribution in [0.5, 0.6) is 0 Å². The quantitative estimate of drug-likeness (QED) is 0.853. The van der Waals surface area contributed by atoms with E-state index >= 15 is 0 Å². The average molecular weight is 337 g/mol. The van der Waals surface area contributed by atoms with E-state index in [4.69, 9.17) is 0 Å². The van der Waals surface area contributed by atoms with Gasteiger partial charge in [0.15, 0.2) is 0 Å². The van der Waals surface area contributed by atoms with Crippen molar-refractivity contribution in [1.29, 1.82) is 0 Å². The molecule has 1 aromatic heterocycles. The van der Waals surface area contributed by atoms with Crippen LogP contribution in [0.15, 0.2) is 35.1 Å². The van der Waals surface area contributed by atoms with Crippen LogP contribution >= 0.6 is 28.6 Å². The van der Waals surface area contributed by atoms with Crippen molar-refractivity contribution < 1.29 is 4.79 Å². The molecule has 3 nitrogen and oxygen atoms in total. The van der Waals surface area contributed by atoms with Gasteiger partial charge in [0.2, 0.25) is 5.91 Å². The highest BCUT2D eigenvalue weighted by Gasteiger charge is 2.30. The summed E-state index contributed by atoms with van der Waals surface area (Å²) in [5.41, 5.74) is 0.945. The highest BCUT2D eigenvalue weighted by Crippen LogP contribution is 2.34. The third-order valence-electron chi connectivity index (χ3n) is 3.50. The van der Waals surface area contributed by atoms with Gasteiger partial charge in [0, 0.05) is 40.6 Å². The second kappa shape index (κ2) is 5.13. The fourth-order valence-electron chi connectivity index (χ4n) is 2.51. The number of carbonyl (C=O) groups excluding carboxylic acids is 1. The van der Waals surface area contributed by atoms with E-state index in [2.05, 4.69) is 33.5 Å². The predicted octanol–water partition coefficient (Wildman–Crippen LogP) is 3.28. The van der Waals surface area contributed by atoms with Gasteiger partial charge in [0.1, 0.15) is 0 Å². The van der Waals surface area contributed by atoms with Crippen LogP contribution in [0.2, 0.25) is 0 Å². The molecule has 1 saturated heterocycles. The number of hydrogen-bond donors (Lipinski definition) is 1. The van der Waals surface area contributed by atoms with Crippen LogP contribution < -0.4 is 4.90 Å². The lowest BCUT2D eigenvalue weighted by Crippen LogP contribution is -2.24. The molecule has 1 amide bonds. The molecule has 0 radical (unpaired) electrons. The molecule has 98 valence electrons. The van der Waals surface area contributed by atoms with E-state index in [0.717, 1.165) is 33.2 Å². The van der Waals surface area contributed by atoms with Gasteiger partial charge in [-0.1, -0.05) is 15.9 Å². The number of aromatic nitrogens is 1. The lowest BCUT2D eigenvalue weighted by atomic mass is 10.1. The lowest BCUT2D eigenvalue weighted by Gasteiger charge is -2.19. The number of anilines is 1. The van der Waals surface area contributed by atoms with E-state index in [1.807, 2.05) is 29.3 Å². The molecule has 1 aromatic carbocycles. The Morgan fingerprint density at radius 2 is 2.21 bits per heavy atom. The Balaban J connectivity index is 2.11. The Labute approximate surface area is 125 Å². The molecule has 1 unspecified atom stereocenters. The third kappa shape index (κ3) is 2.25. The Morgan fingerprint density at radius 3 is 2.95 bits per heavy atom. The number of benzene rings is 1. The number of thiol groups is 1. The summed E-state index contributed by atoms with van der Waals surface area (Å²) in [6.07, 6.45) is 4.16. The number of pyridine rings is 1. The monoisotopic (exact) mass is 336 g/mol. The second-order valence-electron chi connectivity index (χ2n) is 4.74. The SMILES string of the molecule is O=C1CC(CS)CN1c1ccc(Br)c2ccncc12. The summed E-state index contributed by atoms with van der Waals surface area (Å²) in [6.45, 7) is 0.744. The van der Waals surface area contributed by atoms with Crippen molar-refractivity contribution in [2.45, 2.75) is 6.42 Å². The molecule has 5 heteroatoms. The van der Waals surface area contributed by atoms with Crippen molar-refractivity contribution in [2.75, 3.05) is 17.2 Å². The number of nitrogens with zero attached hydrogens (tertiary/aromatic N) is 2. The Kier molecular flexibility index (Phi) is 3.50. The van der Waals surface area contributed by atoms with Gasteiger partial charge in [0.25, 0.3) is 0 Å². The van der Waals surface area contributed by atoms with E-state index < -0.39 is 0 Å². The molecule has 2 heterocycles. The molecule has 2 aromatic rings. The summed E-state index contributed by atoms with van der Waals surface area (Å²) >= 11 is 7.84. The Morgan fingerprint density at radius 1 is 1.37 bits per heavy atom. The maximum Gasteiger partial charge on any atom is 0.227 e. The fourth-order valence-corrected chi connectivity index (χ4v) is 3.23. The zero-order valence-corrected chi connectivity index (χ0v) is 12.7. The van der Waals surface area contributed by atoms with E-state index in [1.165, 1.54) is 0 Å². The molecule has 0 aliphatic carbocycles. The summed E-state index contributed by atoms with van der Waals surface area (Å²) in [5.74, 6) is 1.26. The summed E-state index contributed by atoms with van der Waals surface area (Å²) in [7, 11) is 0. The van der Waals surface area contributed by atoms with Gasteiger partial charge in [-0.15, -0.1) is 0 Å². The van der Waals surface area contributed by atoms with Crippen molar-refractivity contribution in [2.24, 2.45) is 5.92 Å². The highest BCUT2D eigenvalue weighted by molar-refractivity contribution is 9.10. The maximum absolute atomic E-state index is 12.1. The molecule has 1 aliphatic rings. The third-order valence-corrected chi connectivity index (χ3v) is 4.70. The normalized spacial score (nSPS) is 19.4. The smallest absolute Gasteiger partial charge is 0.227 e. The maximum atomic E-state index is 12.1. The van der Waals surface area contributed by atoms with Gasteiger partial charge in [0.05, 0.1) is 5.69 Å². The van der Waals surface area contributed by atoms with Crippen LogP contribution in [0.3, 0.4) is 0 Å². The molecule has 1 fully saturated rings. The molecular weight excluding hydrogens is 324 g/mol. The topological polar surface area (TPSA) is 33.2 Å². The first kappa shape index (κ1) is 12.9. The fraction of sp³-hybridized carbons (Fsp3) is 0.286. The van der Waals surface area contributed by atoms with Gasteiger partial charge in [-0.05, 0) is 29.9 Å². The zero-order valence-electron chi connectivity index (χ0n) is 10.2. The van der Waals surface area contributed by atoms with Gasteiger partial charge in [-0.3, -0.25) is 9.78 Å². The van der Waals surface area contributed by atoms with Gasteiger partial charge in [-0.25, -0.2) is 0 Å². The van der Waals surface area contributed by atoms with Crippen molar-refractivity contribution in [3.63, 3.8) is 0 Å². The van der Waals surface area contributed by atoms with E-state index in [9.17, 15) is 4.79 Å². The number of hydrogen-bond acceptors (Lipinski definition) is 3. The first-order valence-electron chi connectivity index (χ1n) is 6.14. The van der Waals surface area contributed by atoms with Crippen LogP contribution in [0.25, 0.3) is 10.8 Å². The molecule has 0 saturated carbocycles. The van der Waals surface area contributed by atoms with Crippen LogP contribution in [0.4, 0.5) is 5.69 Å². The van der Waals surface area contributed by atoms with E-state index in [1.54, 1.807) is 6.20 Å². The van der Waals surface area contributed by atoms with E-state index in [0.29, 0.717) is 12.3 Å². The molecule has 3 rings (SSSR count). The summed E-state index contributed by atoms with van der Waals surface area (Å²) in [4.78, 5) is 18.2. The number of fused-ring (bicyclic) bond motifs is 1. The summed E-state index contributed by atoms with van der Waals surface area (Å²) in [6, 6.07) is 5.92. The zero-order chi connectivity index (χ0) is 13.4. The molecule has 1 atom stereocenters. The average Bonchev–Trinajstić information content (AvgIpc) is 2.81. The van der Waals surface area contributed by atoms with Crippen LogP contribution in [0, 0.1) is 5.92 Å². The highest BCUT2D eigenvalue weighted by atomic mass is 79.9. The minimum absolute atomic E-state index is 0.173. The van der Waals surface area contributed by atoms with Crippen molar-refractivity contribution >= 4 is 50.9 Å². The van der Waals surface area contributed by atoms with Gasteiger partial charge < -0.3 is 4.90 Å². The summed E-state index contributed by atoms with van der Waals surface area (Å²) in [5, 5.41) is 2.08. The van der Waals surface area contributed by atoms with Gasteiger partial charge in [-0.2, -0.15) is 12.6 Å². The van der Waals surface area contributed by atoms with Crippen molar-refractivity contribution in [3.05, 3.63) is 35.1 Å². The number of halogens is 1. The Hall–Kier alpha value is -1.07. The minimum atomic E-state index is 0.173. The van der Waals surface area contributed by atoms with Crippen molar-refractivity contribution in [3.8, 4) is 0 Å². The van der Waals surface area contributed by atoms with E-state index in [-0.39, 0.29) is 5.91 Å². The minimum Gasteiger partial charge on any atom is -0.311 e.